The Labute approximate surface area is 159 Å². The van der Waals surface area contributed by atoms with Crippen LogP contribution >= 0.6 is 27.3 Å². The van der Waals surface area contributed by atoms with Gasteiger partial charge in [0.25, 0.3) is 5.91 Å². The number of halogens is 1. The number of likely N-dealkylation sites (N-methyl/N-ethyl adjacent to an activating group) is 1. The number of ether oxygens (including phenoxy) is 1. The molecular formula is C17H22BrN3O3S. The van der Waals surface area contributed by atoms with Gasteiger partial charge >= 0.3 is 6.09 Å². The maximum Gasteiger partial charge on any atom is 0.410 e. The van der Waals surface area contributed by atoms with Gasteiger partial charge < -0.3 is 15.0 Å². The summed E-state index contributed by atoms with van der Waals surface area (Å²) in [6, 6.07) is 1.66. The van der Waals surface area contributed by atoms with E-state index in [1.807, 2.05) is 33.8 Å². The first-order chi connectivity index (χ1) is 11.6. The first-order valence-electron chi connectivity index (χ1n) is 7.84. The number of pyridine rings is 1. The molecule has 0 aromatic carbocycles. The van der Waals surface area contributed by atoms with Crippen LogP contribution < -0.4 is 5.32 Å². The quantitative estimate of drug-likeness (QED) is 0.798. The van der Waals surface area contributed by atoms with Gasteiger partial charge in [0, 0.05) is 41.1 Å². The van der Waals surface area contributed by atoms with E-state index in [0.29, 0.717) is 12.1 Å². The highest BCUT2D eigenvalue weighted by Gasteiger charge is 2.22. The number of hydrogen-bond donors (Lipinski definition) is 1. The Bertz CT molecular complexity index is 785. The van der Waals surface area contributed by atoms with Crippen molar-refractivity contribution in [3.63, 3.8) is 0 Å². The second kappa shape index (κ2) is 7.70. The van der Waals surface area contributed by atoms with Crippen molar-refractivity contribution in [2.24, 2.45) is 0 Å². The number of nitrogens with zero attached hydrogens (tertiary/aromatic N) is 2. The minimum atomic E-state index is -0.548. The standard InChI is InChI=1S/C17H22BrN3O3S/c1-10(8-21(5)16(23)24-17(2,3)4)20-14(22)13-9-25-15-12(13)6-11(18)7-19-15/h6-7,9-10H,8H2,1-5H3,(H,20,22). The largest absolute Gasteiger partial charge is 0.444 e. The van der Waals surface area contributed by atoms with E-state index in [-0.39, 0.29) is 11.9 Å². The number of aromatic nitrogens is 1. The third kappa shape index (κ3) is 5.40. The van der Waals surface area contributed by atoms with Crippen molar-refractivity contribution in [2.75, 3.05) is 13.6 Å². The first kappa shape index (κ1) is 19.7. The van der Waals surface area contributed by atoms with E-state index in [0.717, 1.165) is 14.7 Å². The van der Waals surface area contributed by atoms with Crippen molar-refractivity contribution in [3.8, 4) is 0 Å². The highest BCUT2D eigenvalue weighted by atomic mass is 79.9. The van der Waals surface area contributed by atoms with E-state index in [9.17, 15) is 9.59 Å². The van der Waals surface area contributed by atoms with Gasteiger partial charge in [0.1, 0.15) is 10.4 Å². The normalized spacial score (nSPS) is 12.7. The molecule has 2 heterocycles. The van der Waals surface area contributed by atoms with Crippen molar-refractivity contribution in [2.45, 2.75) is 39.3 Å². The molecule has 1 N–H and O–H groups in total. The average Bonchev–Trinajstić information content (AvgIpc) is 2.88. The van der Waals surface area contributed by atoms with Crippen LogP contribution in [0.2, 0.25) is 0 Å². The molecule has 2 aromatic heterocycles. The van der Waals surface area contributed by atoms with Crippen LogP contribution in [0.15, 0.2) is 22.1 Å². The third-order valence-corrected chi connectivity index (χ3v) is 4.61. The zero-order valence-electron chi connectivity index (χ0n) is 14.9. The fraction of sp³-hybridized carbons (Fsp3) is 0.471. The Kier molecular flexibility index (Phi) is 6.05. The molecule has 0 spiro atoms. The number of carbonyl (C=O) groups excluding carboxylic acids is 2. The number of nitrogens with one attached hydrogen (secondary N) is 1. The zero-order valence-corrected chi connectivity index (χ0v) is 17.3. The number of hydrogen-bond acceptors (Lipinski definition) is 5. The molecule has 0 aliphatic rings. The van der Waals surface area contributed by atoms with Gasteiger partial charge in [-0.3, -0.25) is 4.79 Å². The molecule has 2 aromatic rings. The van der Waals surface area contributed by atoms with Crippen LogP contribution in [0.3, 0.4) is 0 Å². The summed E-state index contributed by atoms with van der Waals surface area (Å²) < 4.78 is 6.14. The van der Waals surface area contributed by atoms with Gasteiger partial charge in [0.15, 0.2) is 0 Å². The van der Waals surface area contributed by atoms with E-state index in [4.69, 9.17) is 4.74 Å². The lowest BCUT2D eigenvalue weighted by atomic mass is 10.2. The van der Waals surface area contributed by atoms with Crippen LogP contribution in [0.1, 0.15) is 38.1 Å². The minimum absolute atomic E-state index is 0.184. The highest BCUT2D eigenvalue weighted by molar-refractivity contribution is 9.10. The van der Waals surface area contributed by atoms with Gasteiger partial charge in [-0.2, -0.15) is 0 Å². The molecule has 25 heavy (non-hydrogen) atoms. The molecule has 0 aliphatic heterocycles. The fourth-order valence-corrected chi connectivity index (χ4v) is 3.44. The molecule has 2 rings (SSSR count). The van der Waals surface area contributed by atoms with Crippen molar-refractivity contribution in [1.29, 1.82) is 0 Å². The van der Waals surface area contributed by atoms with E-state index in [1.54, 1.807) is 18.6 Å². The minimum Gasteiger partial charge on any atom is -0.444 e. The highest BCUT2D eigenvalue weighted by Crippen LogP contribution is 2.26. The maximum atomic E-state index is 12.5. The molecule has 0 saturated carbocycles. The molecule has 0 fully saturated rings. The molecule has 8 heteroatoms. The predicted molar refractivity (Wildman–Crippen MR) is 103 cm³/mol. The second-order valence-electron chi connectivity index (χ2n) is 6.89. The smallest absolute Gasteiger partial charge is 0.410 e. The van der Waals surface area contributed by atoms with Gasteiger partial charge in [0.05, 0.1) is 5.56 Å². The molecule has 1 atom stereocenters. The van der Waals surface area contributed by atoms with Crippen molar-refractivity contribution < 1.29 is 14.3 Å². The topological polar surface area (TPSA) is 71.5 Å². The molecule has 0 bridgehead atoms. The van der Waals surface area contributed by atoms with Crippen LogP contribution in [0.4, 0.5) is 4.79 Å². The Balaban J connectivity index is 1.99. The first-order valence-corrected chi connectivity index (χ1v) is 9.52. The summed E-state index contributed by atoms with van der Waals surface area (Å²) in [4.78, 5) is 31.1. The van der Waals surface area contributed by atoms with Crippen molar-refractivity contribution in [1.82, 2.24) is 15.2 Å². The summed E-state index contributed by atoms with van der Waals surface area (Å²) in [6.45, 7) is 7.65. The van der Waals surface area contributed by atoms with Crippen molar-refractivity contribution >= 4 is 49.5 Å². The van der Waals surface area contributed by atoms with Crippen LogP contribution in [-0.4, -0.2) is 47.1 Å². The Morgan fingerprint density at radius 2 is 2.12 bits per heavy atom. The lowest BCUT2D eigenvalue weighted by molar-refractivity contribution is 0.0284. The van der Waals surface area contributed by atoms with Crippen LogP contribution in [0.25, 0.3) is 10.2 Å². The monoisotopic (exact) mass is 427 g/mol. The Morgan fingerprint density at radius 3 is 2.76 bits per heavy atom. The van der Waals surface area contributed by atoms with Gasteiger partial charge in [-0.05, 0) is 49.7 Å². The van der Waals surface area contributed by atoms with Crippen LogP contribution in [-0.2, 0) is 4.74 Å². The predicted octanol–water partition coefficient (Wildman–Crippen LogP) is 4.04. The number of carbonyl (C=O) groups is 2. The number of amides is 2. The Hall–Kier alpha value is -1.67. The maximum absolute atomic E-state index is 12.5. The number of thiophene rings is 1. The lowest BCUT2D eigenvalue weighted by Crippen LogP contribution is -2.44. The molecule has 2 amide bonds. The summed E-state index contributed by atoms with van der Waals surface area (Å²) in [5.41, 5.74) is 0.0361. The van der Waals surface area contributed by atoms with Crippen LogP contribution in [0.5, 0.6) is 0 Å². The zero-order chi connectivity index (χ0) is 18.8. The fourth-order valence-electron chi connectivity index (χ4n) is 2.24. The number of fused-ring (bicyclic) bond motifs is 1. The third-order valence-electron chi connectivity index (χ3n) is 3.27. The SMILES string of the molecule is CC(CN(C)C(=O)OC(C)(C)C)NC(=O)c1csc2ncc(Br)cc12. The van der Waals surface area contributed by atoms with E-state index < -0.39 is 11.7 Å². The molecule has 0 aliphatic carbocycles. The lowest BCUT2D eigenvalue weighted by Gasteiger charge is -2.26. The molecular weight excluding hydrogens is 406 g/mol. The van der Waals surface area contributed by atoms with Crippen molar-refractivity contribution in [3.05, 3.63) is 27.7 Å². The van der Waals surface area contributed by atoms with Gasteiger partial charge in [-0.25, -0.2) is 9.78 Å². The van der Waals surface area contributed by atoms with E-state index in [2.05, 4.69) is 26.2 Å². The summed E-state index contributed by atoms with van der Waals surface area (Å²) >= 11 is 4.80. The molecule has 136 valence electrons. The summed E-state index contributed by atoms with van der Waals surface area (Å²) in [5.74, 6) is -0.184. The molecule has 0 radical (unpaired) electrons. The summed E-state index contributed by atoms with van der Waals surface area (Å²) in [6.07, 6.45) is 1.29. The summed E-state index contributed by atoms with van der Waals surface area (Å²) in [7, 11) is 1.65. The van der Waals surface area contributed by atoms with Gasteiger partial charge in [-0.1, -0.05) is 0 Å². The van der Waals surface area contributed by atoms with E-state index in [1.165, 1.54) is 16.2 Å². The van der Waals surface area contributed by atoms with Gasteiger partial charge in [0.2, 0.25) is 0 Å². The molecule has 6 nitrogen and oxygen atoms in total. The summed E-state index contributed by atoms with van der Waals surface area (Å²) in [5, 5.41) is 5.52. The van der Waals surface area contributed by atoms with E-state index >= 15 is 0 Å². The van der Waals surface area contributed by atoms with Crippen LogP contribution in [0, 0.1) is 0 Å². The molecule has 0 saturated heterocycles. The molecule has 1 unspecified atom stereocenters. The average molecular weight is 428 g/mol. The number of rotatable bonds is 4. The second-order valence-corrected chi connectivity index (χ2v) is 8.66. The van der Waals surface area contributed by atoms with Gasteiger partial charge in [-0.15, -0.1) is 11.3 Å². The Morgan fingerprint density at radius 1 is 1.44 bits per heavy atom.